The molecule has 0 aliphatic rings. The zero-order valence-corrected chi connectivity index (χ0v) is 82.1. The van der Waals surface area contributed by atoms with Crippen LogP contribution in [0.3, 0.4) is 0 Å². The predicted octanol–water partition coefficient (Wildman–Crippen LogP) is 33.6. The van der Waals surface area contributed by atoms with Crippen molar-refractivity contribution in [2.75, 3.05) is 0 Å². The molecule has 22 rings (SSSR count). The van der Waals surface area contributed by atoms with E-state index >= 15 is 0 Å². The van der Waals surface area contributed by atoms with Gasteiger partial charge in [-0.2, -0.15) is 12.1 Å². The minimum Gasteiger partial charge on any atom is -0.357 e. The van der Waals surface area contributed by atoms with Crippen LogP contribution in [0.2, 0.25) is 0 Å². The Bertz CT molecular complexity index is 7540. The number of aromatic nitrogens is 6. The maximum atomic E-state index is 14.0. The molecule has 6 heterocycles. The van der Waals surface area contributed by atoms with Crippen LogP contribution in [0.15, 0.2) is 425 Å². The molecule has 0 unspecified atom stereocenters. The molecule has 0 saturated carbocycles. The van der Waals surface area contributed by atoms with Crippen LogP contribution in [-0.2, 0) is 40.2 Å². The molecule has 0 fully saturated rings. The first-order valence-corrected chi connectivity index (χ1v) is 46.3. The van der Waals surface area contributed by atoms with E-state index in [9.17, 15) is 17.6 Å². The fourth-order valence-corrected chi connectivity index (χ4v) is 18.9. The molecule has 678 valence electrons. The second-order valence-electron chi connectivity index (χ2n) is 35.1. The van der Waals surface area contributed by atoms with E-state index in [2.05, 4.69) is 291 Å². The molecule has 0 N–H and O–H groups in total. The predicted molar refractivity (Wildman–Crippen MR) is 559 cm³/mol. The summed E-state index contributed by atoms with van der Waals surface area (Å²) in [6, 6.07) is 149. The van der Waals surface area contributed by atoms with Gasteiger partial charge in [0, 0.05) is 47.0 Å². The average molecular weight is 2190 g/mol. The molecule has 0 amide bonds. The van der Waals surface area contributed by atoms with Crippen molar-refractivity contribution in [3.8, 4) is 234 Å². The molecule has 0 radical (unpaired) electrons. The fourth-order valence-electron chi connectivity index (χ4n) is 18.9. The first-order valence-electron chi connectivity index (χ1n) is 46.3. The minimum atomic E-state index is -0.284. The van der Waals surface area contributed by atoms with Gasteiger partial charge < -0.3 is 29.9 Å². The molecule has 0 atom stereocenters. The van der Waals surface area contributed by atoms with E-state index in [1.54, 1.807) is 48.5 Å². The van der Waals surface area contributed by atoms with Gasteiger partial charge in [-0.15, -0.1) is 131 Å². The van der Waals surface area contributed by atoms with Crippen LogP contribution in [0.5, 0.6) is 0 Å². The van der Waals surface area contributed by atoms with Gasteiger partial charge in [0.15, 0.2) is 0 Å². The third-order valence-corrected chi connectivity index (χ3v) is 26.2. The smallest absolute Gasteiger partial charge is 0.357 e. The average Bonchev–Trinajstić information content (AvgIpc) is 0.761. The van der Waals surface area contributed by atoms with Gasteiger partial charge in [-0.05, 0) is 259 Å². The first kappa shape index (κ1) is 93.1. The molecule has 12 heteroatoms. The Balaban J connectivity index is 0.00000617. The van der Waals surface area contributed by atoms with Crippen molar-refractivity contribution in [1.29, 1.82) is 0 Å². The molecule has 0 aliphatic carbocycles. The first-order chi connectivity index (χ1) is 68.6. The summed E-state index contributed by atoms with van der Waals surface area (Å²) in [5.41, 5.74) is 42.8. The number of benzene rings is 16. The number of rotatable bonds is 21. The second-order valence-corrected chi connectivity index (χ2v) is 35.1. The van der Waals surface area contributed by atoms with Crippen molar-refractivity contribution >= 4 is 0 Å². The van der Waals surface area contributed by atoms with Crippen molar-refractivity contribution in [1.82, 2.24) is 29.9 Å². The Morgan fingerprint density at radius 3 is 0.507 bits per heavy atom. The van der Waals surface area contributed by atoms with E-state index in [0.717, 1.165) is 245 Å². The molecule has 22 aromatic rings. The Kier molecular flexibility index (Phi) is 26.8. The molecule has 0 aliphatic heterocycles. The minimum absolute atomic E-state index is 0. The van der Waals surface area contributed by atoms with Gasteiger partial charge in [-0.1, -0.05) is 285 Å². The van der Waals surface area contributed by atoms with Crippen LogP contribution >= 0.6 is 0 Å². The van der Waals surface area contributed by atoms with Gasteiger partial charge in [0.05, 0.1) is 0 Å². The third-order valence-electron chi connectivity index (χ3n) is 26.2. The molecule has 142 heavy (non-hydrogen) atoms. The van der Waals surface area contributed by atoms with Crippen molar-refractivity contribution in [2.24, 2.45) is 0 Å². The van der Waals surface area contributed by atoms with Crippen LogP contribution in [0.4, 0.5) is 17.6 Å². The van der Waals surface area contributed by atoms with E-state index in [1.807, 2.05) is 101 Å². The normalized spacial score (nSPS) is 11.1. The van der Waals surface area contributed by atoms with E-state index in [-0.39, 0.29) is 63.5 Å². The largest absolute Gasteiger partial charge is 3.00 e. The van der Waals surface area contributed by atoms with E-state index in [4.69, 9.17) is 29.9 Å². The molecule has 6 nitrogen and oxygen atoms in total. The summed E-state index contributed by atoms with van der Waals surface area (Å²) in [5.74, 6) is -1.14. The zero-order valence-electron chi connectivity index (χ0n) is 77.3. The van der Waals surface area contributed by atoms with Gasteiger partial charge in [0.25, 0.3) is 0 Å². The Labute approximate surface area is 850 Å². The number of hydrogen-bond acceptors (Lipinski definition) is 6. The summed E-state index contributed by atoms with van der Waals surface area (Å²) < 4.78 is 55.9. The van der Waals surface area contributed by atoms with Crippen molar-refractivity contribution in [3.05, 3.63) is 507 Å². The number of hydrogen-bond donors (Lipinski definition) is 0. The van der Waals surface area contributed by atoms with Gasteiger partial charge in [-0.3, -0.25) is 0 Å². The number of nitrogens with zero attached hydrogens (tertiary/aromatic N) is 6. The summed E-state index contributed by atoms with van der Waals surface area (Å²) in [7, 11) is 0. The standard InChI is InChI=1S/C130H82F4N6.2Ir/c1-81-65-127(137-77-121(81)89-45-55-105(131)56-46-89)93-37-29-85(30-38-93)109-17-5-11-23-115(109)99-69-100(116-24-12-6-18-110(116)86-31-39-94(40-32-86)128-66-82(2)122(78-138-128)90-47-57-106(132)58-48-90)72-103(71-99)119-27-15-9-21-113(119)97-53-63-125(135-75-97)126-64-54-98(76-136-126)114-22-10-16-28-120(114)104-73-101(117-25-13-7-19-111(117)87-33-41-95(42-34-87)129-67-83(3)123(79-139-129)91-49-59-107(133)60-50-91)70-102(74-104)118-26-14-8-20-112(118)88-35-43-96(44-36-88)130-68-84(4)124(80-140-130)92-51-61-108(134)62-52-92;;/h5-37,39,41,43,45-62,65-80H,1-4H3;;/q-6;2*+3. The third kappa shape index (κ3) is 19.3. The Morgan fingerprint density at radius 2 is 0.338 bits per heavy atom. The van der Waals surface area contributed by atoms with Crippen molar-refractivity contribution in [2.45, 2.75) is 27.7 Å². The van der Waals surface area contributed by atoms with Crippen LogP contribution in [-0.4, -0.2) is 29.9 Å². The molecular formula is C130H82F4Ir2N6. The maximum absolute atomic E-state index is 14.0. The fraction of sp³-hybridized carbons (Fsp3) is 0.0308. The molecular weight excluding hydrogens is 2110 g/mol. The molecule has 0 bridgehead atoms. The van der Waals surface area contributed by atoms with Crippen LogP contribution in [0.25, 0.3) is 234 Å². The summed E-state index contributed by atoms with van der Waals surface area (Å²) in [5, 5.41) is 0. The number of halogens is 4. The Hall–Kier alpha value is -16.6. The van der Waals surface area contributed by atoms with Crippen LogP contribution in [0, 0.1) is 87.4 Å². The van der Waals surface area contributed by atoms with Gasteiger partial charge in [0.2, 0.25) is 0 Å². The van der Waals surface area contributed by atoms with E-state index < -0.39 is 0 Å². The van der Waals surface area contributed by atoms with Crippen molar-refractivity contribution < 1.29 is 57.8 Å². The molecule has 16 aromatic carbocycles. The van der Waals surface area contributed by atoms with E-state index in [1.165, 1.54) is 48.5 Å². The quantitative estimate of drug-likeness (QED) is 0.0527. The summed E-state index contributed by atoms with van der Waals surface area (Å²) in [6.07, 6.45) is 11.2. The molecule has 0 spiro atoms. The van der Waals surface area contributed by atoms with Crippen LogP contribution in [0.1, 0.15) is 22.3 Å². The number of pyridine rings is 6. The monoisotopic (exact) mass is 2190 g/mol. The topological polar surface area (TPSA) is 77.3 Å². The SMILES string of the molecule is Cc1cc(-c2[c-]cc(-c3ccccc3-c3cc(-c4ccccc4-c4c[c-]c(-c5cc(C)c(-c6ccc(F)cc6)cn5)cc4)cc(-c4ccccc4-c4c[c-]c(-c5[c-]cc(-c6ccccc6-c6cc(-c7ccccc7-c7c[c-]c(-c8cc(C)c(-c9ccc(F)cc9)cn8)cc7)cc(-c7ccccc7-c7c[c-]c(-c8cc(C)c(-c9ccc(F)cc9)cn8)cc7)c6)cn5)nc4)c3)cc2)ncc1-c1ccc(F)cc1.[Ir+3].[Ir+3]. The zero-order chi connectivity index (χ0) is 94.9. The van der Waals surface area contributed by atoms with Gasteiger partial charge in [-0.25, -0.2) is 29.7 Å². The summed E-state index contributed by atoms with van der Waals surface area (Å²) in [4.78, 5) is 29.8. The summed E-state index contributed by atoms with van der Waals surface area (Å²) >= 11 is 0. The molecule has 0 saturated heterocycles. The van der Waals surface area contributed by atoms with E-state index in [0.29, 0.717) is 11.4 Å². The van der Waals surface area contributed by atoms with Gasteiger partial charge in [0.1, 0.15) is 23.3 Å². The number of aryl methyl sites for hydroxylation is 4. The van der Waals surface area contributed by atoms with Crippen LogP contribution < -0.4 is 0 Å². The van der Waals surface area contributed by atoms with Crippen molar-refractivity contribution in [3.63, 3.8) is 0 Å². The Morgan fingerprint density at radius 1 is 0.162 bits per heavy atom. The molecule has 6 aromatic heterocycles. The summed E-state index contributed by atoms with van der Waals surface area (Å²) in [6.45, 7) is 8.19. The van der Waals surface area contributed by atoms with Gasteiger partial charge >= 0.3 is 40.2 Å². The maximum Gasteiger partial charge on any atom is 3.00 e. The second kappa shape index (κ2) is 40.9.